The van der Waals surface area contributed by atoms with Gasteiger partial charge in [-0.2, -0.15) is 0 Å². The van der Waals surface area contributed by atoms with Gasteiger partial charge in [-0.1, -0.05) is 79.7 Å². The summed E-state index contributed by atoms with van der Waals surface area (Å²) in [4.78, 5) is 14.0. The van der Waals surface area contributed by atoms with Crippen molar-refractivity contribution in [3.8, 4) is 0 Å². The number of fused-ring (bicyclic) bond motifs is 6. The standard InChI is InChI=1S/C31H27NO2S2/c1-20(31(33)34)16-17-32(18-21-8-6-12-25-23-10-2-4-14-27(23)35-29(21)25)19-22-9-7-13-26-24-11-3-5-15-28(24)36-30(22)26/h2-15,20H,16-19H2,1H3,(H,33,34)/t20-/m0/s1. The molecule has 0 saturated heterocycles. The second-order valence-corrected chi connectivity index (χ2v) is 11.6. The number of thiophene rings is 2. The van der Waals surface area contributed by atoms with E-state index in [2.05, 4.69) is 89.8 Å². The molecule has 0 spiro atoms. The first kappa shape index (κ1) is 23.2. The van der Waals surface area contributed by atoms with Gasteiger partial charge >= 0.3 is 5.97 Å². The van der Waals surface area contributed by atoms with E-state index in [4.69, 9.17) is 0 Å². The predicted octanol–water partition coefficient (Wildman–Crippen LogP) is 8.54. The zero-order valence-electron chi connectivity index (χ0n) is 20.1. The van der Waals surface area contributed by atoms with Gasteiger partial charge in [-0.05, 0) is 36.2 Å². The number of hydrogen-bond donors (Lipinski definition) is 1. The lowest BCUT2D eigenvalue weighted by molar-refractivity contribution is -0.141. The summed E-state index contributed by atoms with van der Waals surface area (Å²) < 4.78 is 5.27. The molecule has 180 valence electrons. The minimum atomic E-state index is -0.729. The molecule has 5 heteroatoms. The summed E-state index contributed by atoms with van der Waals surface area (Å²) in [5.41, 5.74) is 2.61. The van der Waals surface area contributed by atoms with Crippen LogP contribution in [0.25, 0.3) is 40.3 Å². The molecule has 0 saturated carbocycles. The largest absolute Gasteiger partial charge is 0.481 e. The lowest BCUT2D eigenvalue weighted by atomic mass is 10.1. The summed E-state index contributed by atoms with van der Waals surface area (Å²) in [6, 6.07) is 30.4. The maximum atomic E-state index is 11.6. The summed E-state index contributed by atoms with van der Waals surface area (Å²) in [6.07, 6.45) is 0.625. The zero-order valence-corrected chi connectivity index (χ0v) is 21.7. The van der Waals surface area contributed by atoms with Gasteiger partial charge in [0.15, 0.2) is 0 Å². The van der Waals surface area contributed by atoms with Crippen molar-refractivity contribution in [3.05, 3.63) is 96.1 Å². The number of hydrogen-bond acceptors (Lipinski definition) is 4. The highest BCUT2D eigenvalue weighted by Gasteiger charge is 2.18. The number of nitrogens with zero attached hydrogens (tertiary/aromatic N) is 1. The van der Waals surface area contributed by atoms with Gasteiger partial charge in [0.1, 0.15) is 0 Å². The fraction of sp³-hybridized carbons (Fsp3) is 0.194. The molecule has 0 aliphatic rings. The van der Waals surface area contributed by atoms with Crippen LogP contribution in [0.3, 0.4) is 0 Å². The molecule has 2 aromatic heterocycles. The van der Waals surface area contributed by atoms with Crippen LogP contribution < -0.4 is 0 Å². The Morgan fingerprint density at radius 3 is 1.69 bits per heavy atom. The Morgan fingerprint density at radius 2 is 1.19 bits per heavy atom. The fourth-order valence-electron chi connectivity index (χ4n) is 5.06. The maximum Gasteiger partial charge on any atom is 0.306 e. The molecule has 2 heterocycles. The third kappa shape index (κ3) is 4.28. The Kier molecular flexibility index (Phi) is 6.22. The van der Waals surface area contributed by atoms with Gasteiger partial charge in [0.2, 0.25) is 0 Å². The van der Waals surface area contributed by atoms with Gasteiger partial charge in [-0.15, -0.1) is 22.7 Å². The van der Waals surface area contributed by atoms with E-state index in [1.54, 1.807) is 6.92 Å². The van der Waals surface area contributed by atoms with Crippen LogP contribution in [0, 0.1) is 5.92 Å². The van der Waals surface area contributed by atoms with E-state index in [-0.39, 0.29) is 5.92 Å². The first-order valence-electron chi connectivity index (χ1n) is 12.3. The number of aliphatic carboxylic acids is 1. The molecule has 3 nitrogen and oxygen atoms in total. The van der Waals surface area contributed by atoms with E-state index >= 15 is 0 Å². The summed E-state index contributed by atoms with van der Waals surface area (Å²) >= 11 is 3.71. The van der Waals surface area contributed by atoms with Crippen LogP contribution in [0.2, 0.25) is 0 Å². The first-order valence-corrected chi connectivity index (χ1v) is 14.0. The Hall–Kier alpha value is -3.25. The van der Waals surface area contributed by atoms with Crippen LogP contribution in [0.5, 0.6) is 0 Å². The van der Waals surface area contributed by atoms with E-state index in [9.17, 15) is 9.90 Å². The maximum absolute atomic E-state index is 11.6. The molecule has 1 atom stereocenters. The van der Waals surface area contributed by atoms with Gasteiger partial charge in [0.05, 0.1) is 5.92 Å². The molecule has 0 unspecified atom stereocenters. The number of rotatable bonds is 8. The lowest BCUT2D eigenvalue weighted by Crippen LogP contribution is -2.26. The first-order chi connectivity index (χ1) is 17.6. The van der Waals surface area contributed by atoms with Crippen LogP contribution in [0.15, 0.2) is 84.9 Å². The highest BCUT2D eigenvalue weighted by Crippen LogP contribution is 2.38. The lowest BCUT2D eigenvalue weighted by Gasteiger charge is -2.24. The summed E-state index contributed by atoms with van der Waals surface area (Å²) in [5, 5.41) is 14.7. The Bertz CT molecular complexity index is 1600. The Labute approximate surface area is 218 Å². The van der Waals surface area contributed by atoms with E-state index in [0.717, 1.165) is 19.6 Å². The Morgan fingerprint density at radius 1 is 0.722 bits per heavy atom. The smallest absolute Gasteiger partial charge is 0.306 e. The number of carboxylic acid groups (broad SMARTS) is 1. The molecule has 0 fully saturated rings. The van der Waals surface area contributed by atoms with Gasteiger partial charge in [0.25, 0.3) is 0 Å². The molecule has 0 amide bonds. The van der Waals surface area contributed by atoms with Crippen molar-refractivity contribution >= 4 is 69.0 Å². The van der Waals surface area contributed by atoms with Crippen molar-refractivity contribution in [3.63, 3.8) is 0 Å². The molecule has 0 radical (unpaired) electrons. The molecule has 6 aromatic rings. The van der Waals surface area contributed by atoms with Crippen molar-refractivity contribution in [2.45, 2.75) is 26.4 Å². The Balaban J connectivity index is 1.38. The van der Waals surface area contributed by atoms with Crippen molar-refractivity contribution in [1.82, 2.24) is 4.90 Å². The molecule has 0 aliphatic heterocycles. The fourth-order valence-corrected chi connectivity index (χ4v) is 7.47. The highest BCUT2D eigenvalue weighted by molar-refractivity contribution is 7.26. The van der Waals surface area contributed by atoms with Gasteiger partial charge in [-0.25, -0.2) is 0 Å². The molecular weight excluding hydrogens is 482 g/mol. The van der Waals surface area contributed by atoms with E-state index in [1.807, 2.05) is 22.7 Å². The van der Waals surface area contributed by atoms with E-state index in [0.29, 0.717) is 6.42 Å². The van der Waals surface area contributed by atoms with Crippen LogP contribution in [0.4, 0.5) is 0 Å². The molecule has 1 N–H and O–H groups in total. The zero-order chi connectivity index (χ0) is 24.6. The molecule has 4 aromatic carbocycles. The molecule has 36 heavy (non-hydrogen) atoms. The predicted molar refractivity (Wildman–Crippen MR) is 154 cm³/mol. The van der Waals surface area contributed by atoms with Crippen molar-refractivity contribution < 1.29 is 9.90 Å². The minimum absolute atomic E-state index is 0.368. The third-order valence-corrected chi connectivity index (χ3v) is 9.58. The van der Waals surface area contributed by atoms with Crippen LogP contribution >= 0.6 is 22.7 Å². The van der Waals surface area contributed by atoms with Crippen molar-refractivity contribution in [2.75, 3.05) is 6.54 Å². The summed E-state index contributed by atoms with van der Waals surface area (Å²) in [6.45, 7) is 4.12. The second kappa shape index (κ2) is 9.66. The van der Waals surface area contributed by atoms with Crippen LogP contribution in [-0.2, 0) is 17.9 Å². The molecule has 0 aliphatic carbocycles. The monoisotopic (exact) mass is 509 g/mol. The normalized spacial score (nSPS) is 12.8. The molecule has 0 bridgehead atoms. The van der Waals surface area contributed by atoms with E-state index < -0.39 is 5.97 Å². The van der Waals surface area contributed by atoms with E-state index in [1.165, 1.54) is 51.5 Å². The number of benzene rings is 4. The topological polar surface area (TPSA) is 40.5 Å². The highest BCUT2D eigenvalue weighted by atomic mass is 32.1. The quantitative estimate of drug-likeness (QED) is 0.223. The SMILES string of the molecule is C[C@@H](CCN(Cc1cccc2c1sc1ccccc12)Cc1cccc2c1sc1ccccc12)C(=O)O. The average molecular weight is 510 g/mol. The van der Waals surface area contributed by atoms with Crippen molar-refractivity contribution in [1.29, 1.82) is 0 Å². The second-order valence-electron chi connectivity index (χ2n) is 9.52. The average Bonchev–Trinajstić information content (AvgIpc) is 3.47. The molecule has 6 rings (SSSR count). The van der Waals surface area contributed by atoms with Gasteiger partial charge < -0.3 is 5.11 Å². The summed E-state index contributed by atoms with van der Waals surface area (Å²) in [7, 11) is 0. The number of carboxylic acids is 1. The summed E-state index contributed by atoms with van der Waals surface area (Å²) in [5.74, 6) is -1.10. The van der Waals surface area contributed by atoms with Crippen molar-refractivity contribution in [2.24, 2.45) is 5.92 Å². The van der Waals surface area contributed by atoms with Crippen LogP contribution in [-0.4, -0.2) is 22.5 Å². The minimum Gasteiger partial charge on any atom is -0.481 e. The van der Waals surface area contributed by atoms with Gasteiger partial charge in [-0.3, -0.25) is 9.69 Å². The number of carbonyl (C=O) groups is 1. The van der Waals surface area contributed by atoms with Gasteiger partial charge in [0, 0.05) is 53.4 Å². The van der Waals surface area contributed by atoms with Crippen LogP contribution in [0.1, 0.15) is 24.5 Å². The molecular formula is C31H27NO2S2. The third-order valence-electron chi connectivity index (χ3n) is 7.06.